The lowest BCUT2D eigenvalue weighted by Gasteiger charge is -2.11. The van der Waals surface area contributed by atoms with Crippen molar-refractivity contribution >= 4 is 17.7 Å². The molecule has 0 aliphatic carbocycles. The van der Waals surface area contributed by atoms with E-state index in [-0.39, 0.29) is 17.1 Å². The fraction of sp³-hybridized carbons (Fsp3) is 0.273. The van der Waals surface area contributed by atoms with Crippen LogP contribution in [0.5, 0.6) is 11.5 Å². The zero-order valence-corrected chi connectivity index (χ0v) is 9.89. The van der Waals surface area contributed by atoms with Crippen LogP contribution in [0.25, 0.3) is 6.08 Å². The van der Waals surface area contributed by atoms with Crippen molar-refractivity contribution in [2.75, 3.05) is 14.2 Å². The van der Waals surface area contributed by atoms with E-state index in [4.69, 9.17) is 21.1 Å². The molecule has 17 heavy (non-hydrogen) atoms. The van der Waals surface area contributed by atoms with Gasteiger partial charge in [0.15, 0.2) is 0 Å². The van der Waals surface area contributed by atoms with E-state index < -0.39 is 11.2 Å². The lowest BCUT2D eigenvalue weighted by molar-refractivity contribution is -0.0836. The van der Waals surface area contributed by atoms with Crippen LogP contribution in [0.4, 0.5) is 13.2 Å². The van der Waals surface area contributed by atoms with Crippen molar-refractivity contribution in [3.8, 4) is 11.5 Å². The van der Waals surface area contributed by atoms with E-state index in [1.54, 1.807) is 6.07 Å². The number of alkyl halides is 3. The van der Waals surface area contributed by atoms with E-state index in [2.05, 4.69) is 0 Å². The molecule has 1 aromatic rings. The normalized spacial score (nSPS) is 12.5. The first kappa shape index (κ1) is 13.7. The number of ether oxygens (including phenoxy) is 2. The Bertz CT molecular complexity index is 405. The fourth-order valence-electron chi connectivity index (χ4n) is 1.23. The molecule has 1 aromatic carbocycles. The molecule has 0 radical (unpaired) electrons. The second-order valence-corrected chi connectivity index (χ2v) is 3.47. The summed E-state index contributed by atoms with van der Waals surface area (Å²) >= 11 is 5.17. The Hall–Kier alpha value is -1.36. The maximum atomic E-state index is 12.3. The molecule has 0 aliphatic rings. The number of hydrogen-bond donors (Lipinski definition) is 0. The Morgan fingerprint density at radius 3 is 2.00 bits per heavy atom. The van der Waals surface area contributed by atoms with Crippen LogP contribution in [-0.4, -0.2) is 20.4 Å². The Morgan fingerprint density at radius 2 is 1.65 bits per heavy atom. The Balaban J connectivity index is 3.29. The van der Waals surface area contributed by atoms with Crippen LogP contribution in [0.1, 0.15) is 5.56 Å². The summed E-state index contributed by atoms with van der Waals surface area (Å²) in [5, 5.41) is -1.24. The minimum atomic E-state index is -4.59. The molecule has 0 saturated carbocycles. The molecule has 0 bridgehead atoms. The monoisotopic (exact) mass is 266 g/mol. The van der Waals surface area contributed by atoms with Gasteiger partial charge < -0.3 is 9.47 Å². The zero-order chi connectivity index (χ0) is 13.1. The summed E-state index contributed by atoms with van der Waals surface area (Å²) < 4.78 is 46.9. The van der Waals surface area contributed by atoms with Crippen LogP contribution < -0.4 is 9.47 Å². The molecule has 0 heterocycles. The molecule has 0 aromatic heterocycles. The number of halogens is 4. The molecule has 2 nitrogen and oxygen atoms in total. The molecule has 0 amide bonds. The lowest BCUT2D eigenvalue weighted by atomic mass is 10.1. The van der Waals surface area contributed by atoms with E-state index in [0.717, 1.165) is 6.08 Å². The highest BCUT2D eigenvalue weighted by Gasteiger charge is 2.32. The van der Waals surface area contributed by atoms with Gasteiger partial charge in [-0.1, -0.05) is 17.7 Å². The van der Waals surface area contributed by atoms with Gasteiger partial charge in [0.1, 0.15) is 16.5 Å². The molecular weight excluding hydrogens is 257 g/mol. The number of hydrogen-bond acceptors (Lipinski definition) is 2. The highest BCUT2D eigenvalue weighted by atomic mass is 35.5. The topological polar surface area (TPSA) is 18.5 Å². The molecule has 0 fully saturated rings. The largest absolute Gasteiger partial charge is 0.496 e. The summed E-state index contributed by atoms with van der Waals surface area (Å²) in [5.74, 6) is 0.513. The van der Waals surface area contributed by atoms with Gasteiger partial charge in [-0.3, -0.25) is 0 Å². The van der Waals surface area contributed by atoms with Crippen molar-refractivity contribution in [1.29, 1.82) is 0 Å². The molecule has 0 spiro atoms. The van der Waals surface area contributed by atoms with E-state index in [1.165, 1.54) is 26.4 Å². The Labute approximate surface area is 102 Å². The van der Waals surface area contributed by atoms with Crippen molar-refractivity contribution in [3.63, 3.8) is 0 Å². The van der Waals surface area contributed by atoms with Gasteiger partial charge in [-0.2, -0.15) is 13.2 Å². The molecule has 94 valence electrons. The lowest BCUT2D eigenvalue weighted by Crippen LogP contribution is -2.07. The molecule has 0 atom stereocenters. The van der Waals surface area contributed by atoms with Crippen LogP contribution in [0.2, 0.25) is 0 Å². The average Bonchev–Trinajstić information content (AvgIpc) is 2.28. The molecule has 0 saturated heterocycles. The summed E-state index contributed by atoms with van der Waals surface area (Å²) in [6.45, 7) is 0. The molecule has 1 rings (SSSR count). The van der Waals surface area contributed by atoms with Crippen molar-refractivity contribution in [2.45, 2.75) is 6.18 Å². The Kier molecular flexibility index (Phi) is 4.28. The maximum Gasteiger partial charge on any atom is 0.426 e. The first-order valence-corrected chi connectivity index (χ1v) is 4.93. The van der Waals surface area contributed by atoms with E-state index >= 15 is 0 Å². The third-order valence-electron chi connectivity index (χ3n) is 2.01. The van der Waals surface area contributed by atoms with Crippen molar-refractivity contribution < 1.29 is 22.6 Å². The highest BCUT2D eigenvalue weighted by molar-refractivity contribution is 6.32. The predicted molar refractivity (Wildman–Crippen MR) is 59.4 cm³/mol. The van der Waals surface area contributed by atoms with Gasteiger partial charge in [0, 0.05) is 0 Å². The van der Waals surface area contributed by atoms with Crippen molar-refractivity contribution in [3.05, 3.63) is 28.8 Å². The number of methoxy groups -OCH3 is 2. The molecular formula is C11H10ClF3O2. The highest BCUT2D eigenvalue weighted by Crippen LogP contribution is 2.36. The standard InChI is InChI=1S/C11H10ClF3O2/c1-16-8-4-3-5-9(17-2)7(8)6-10(12)11(13,14)15/h3-6H,1-2H3/b10-6-. The summed E-state index contributed by atoms with van der Waals surface area (Å²) in [5.41, 5.74) is 0.153. The van der Waals surface area contributed by atoms with Crippen LogP contribution in [-0.2, 0) is 0 Å². The third-order valence-corrected chi connectivity index (χ3v) is 2.33. The minimum absolute atomic E-state index is 0.153. The fourth-order valence-corrected chi connectivity index (χ4v) is 1.34. The van der Waals surface area contributed by atoms with E-state index in [0.29, 0.717) is 0 Å². The Morgan fingerprint density at radius 1 is 1.18 bits per heavy atom. The quantitative estimate of drug-likeness (QED) is 0.827. The first-order chi connectivity index (χ1) is 7.90. The summed E-state index contributed by atoms with van der Waals surface area (Å²) in [7, 11) is 2.71. The van der Waals surface area contributed by atoms with Gasteiger partial charge in [-0.25, -0.2) is 0 Å². The van der Waals surface area contributed by atoms with Crippen LogP contribution in [0, 0.1) is 0 Å². The number of benzene rings is 1. The van der Waals surface area contributed by atoms with E-state index in [9.17, 15) is 13.2 Å². The summed E-state index contributed by atoms with van der Waals surface area (Å²) in [6.07, 6.45) is -3.81. The van der Waals surface area contributed by atoms with Gasteiger partial charge in [0.2, 0.25) is 0 Å². The molecule has 6 heteroatoms. The number of rotatable bonds is 3. The summed E-state index contributed by atoms with van der Waals surface area (Å²) in [4.78, 5) is 0. The van der Waals surface area contributed by atoms with Gasteiger partial charge in [0.05, 0.1) is 19.8 Å². The maximum absolute atomic E-state index is 12.3. The molecule has 0 N–H and O–H groups in total. The van der Waals surface area contributed by atoms with Crippen LogP contribution in [0.15, 0.2) is 23.2 Å². The third kappa shape index (κ3) is 3.30. The smallest absolute Gasteiger partial charge is 0.426 e. The second-order valence-electron chi connectivity index (χ2n) is 3.07. The zero-order valence-electron chi connectivity index (χ0n) is 9.14. The van der Waals surface area contributed by atoms with Crippen LogP contribution >= 0.6 is 11.6 Å². The average molecular weight is 267 g/mol. The van der Waals surface area contributed by atoms with Gasteiger partial charge in [0.25, 0.3) is 0 Å². The SMILES string of the molecule is COc1cccc(OC)c1/C=C(\Cl)C(F)(F)F. The number of allylic oxidation sites excluding steroid dienone is 1. The second kappa shape index (κ2) is 5.31. The van der Waals surface area contributed by atoms with Gasteiger partial charge >= 0.3 is 6.18 Å². The van der Waals surface area contributed by atoms with Gasteiger partial charge in [-0.05, 0) is 18.2 Å². The molecule has 0 aliphatic heterocycles. The van der Waals surface area contributed by atoms with Gasteiger partial charge in [-0.15, -0.1) is 0 Å². The van der Waals surface area contributed by atoms with Crippen LogP contribution in [0.3, 0.4) is 0 Å². The van der Waals surface area contributed by atoms with E-state index in [1.807, 2.05) is 0 Å². The summed E-state index contributed by atoms with van der Waals surface area (Å²) in [6, 6.07) is 4.65. The molecule has 0 unspecified atom stereocenters. The minimum Gasteiger partial charge on any atom is -0.496 e. The predicted octanol–water partition coefficient (Wildman–Crippen LogP) is 3.85. The first-order valence-electron chi connectivity index (χ1n) is 4.55. The van der Waals surface area contributed by atoms with Crippen molar-refractivity contribution in [1.82, 2.24) is 0 Å². The van der Waals surface area contributed by atoms with Crippen molar-refractivity contribution in [2.24, 2.45) is 0 Å².